The van der Waals surface area contributed by atoms with Crippen LogP contribution in [-0.2, 0) is 6.42 Å². The summed E-state index contributed by atoms with van der Waals surface area (Å²) in [5, 5.41) is 0. The Morgan fingerprint density at radius 3 is 2.61 bits per heavy atom. The van der Waals surface area contributed by atoms with E-state index in [1.54, 1.807) is 0 Å². The van der Waals surface area contributed by atoms with Gasteiger partial charge in [-0.25, -0.2) is 0 Å². The first-order chi connectivity index (χ1) is 8.70. The standard InChI is InChI=1S/C16H17IO/c1-3-6-13-7-4-5-8-16(13)18-14-9-10-15(17)12(2)11-14/h4-5,7-11H,3,6H2,1-2H3. The van der Waals surface area contributed by atoms with Crippen LogP contribution in [0.4, 0.5) is 0 Å². The van der Waals surface area contributed by atoms with Gasteiger partial charge in [0.15, 0.2) is 0 Å². The Hall–Kier alpha value is -1.03. The largest absolute Gasteiger partial charge is 0.457 e. The van der Waals surface area contributed by atoms with Crippen molar-refractivity contribution < 1.29 is 4.74 Å². The molecule has 0 unspecified atom stereocenters. The summed E-state index contributed by atoms with van der Waals surface area (Å²) in [6, 6.07) is 14.5. The van der Waals surface area contributed by atoms with Crippen LogP contribution in [0.15, 0.2) is 42.5 Å². The number of hydrogen-bond donors (Lipinski definition) is 0. The van der Waals surface area contributed by atoms with Gasteiger partial charge < -0.3 is 4.74 Å². The summed E-state index contributed by atoms with van der Waals surface area (Å²) in [4.78, 5) is 0. The highest BCUT2D eigenvalue weighted by molar-refractivity contribution is 14.1. The second-order valence-electron chi connectivity index (χ2n) is 4.37. The minimum Gasteiger partial charge on any atom is -0.457 e. The van der Waals surface area contributed by atoms with E-state index in [9.17, 15) is 0 Å². The summed E-state index contributed by atoms with van der Waals surface area (Å²) in [7, 11) is 0. The molecule has 0 spiro atoms. The first kappa shape index (κ1) is 13.4. The Kier molecular flexibility index (Phi) is 4.64. The topological polar surface area (TPSA) is 9.23 Å². The highest BCUT2D eigenvalue weighted by Crippen LogP contribution is 2.27. The number of para-hydroxylation sites is 1. The van der Waals surface area contributed by atoms with Crippen molar-refractivity contribution >= 4 is 22.6 Å². The highest BCUT2D eigenvalue weighted by Gasteiger charge is 2.04. The number of hydrogen-bond acceptors (Lipinski definition) is 1. The lowest BCUT2D eigenvalue weighted by Gasteiger charge is -2.11. The van der Waals surface area contributed by atoms with Gasteiger partial charge in [0.1, 0.15) is 11.5 Å². The molecule has 0 amide bonds. The van der Waals surface area contributed by atoms with E-state index in [1.165, 1.54) is 14.7 Å². The van der Waals surface area contributed by atoms with Crippen LogP contribution in [0.5, 0.6) is 11.5 Å². The molecule has 0 radical (unpaired) electrons. The molecule has 2 aromatic carbocycles. The third kappa shape index (κ3) is 3.25. The number of ether oxygens (including phenoxy) is 1. The summed E-state index contributed by atoms with van der Waals surface area (Å²) in [5.41, 5.74) is 2.53. The van der Waals surface area contributed by atoms with Crippen molar-refractivity contribution in [3.63, 3.8) is 0 Å². The zero-order chi connectivity index (χ0) is 13.0. The zero-order valence-electron chi connectivity index (χ0n) is 10.7. The summed E-state index contributed by atoms with van der Waals surface area (Å²) >= 11 is 2.34. The van der Waals surface area contributed by atoms with Crippen LogP contribution in [0, 0.1) is 10.5 Å². The molecular formula is C16H17IO. The summed E-state index contributed by atoms with van der Waals surface area (Å²) < 4.78 is 7.26. The molecule has 94 valence electrons. The van der Waals surface area contributed by atoms with E-state index in [0.29, 0.717) is 0 Å². The van der Waals surface area contributed by atoms with E-state index < -0.39 is 0 Å². The van der Waals surface area contributed by atoms with Crippen molar-refractivity contribution in [1.82, 2.24) is 0 Å². The molecule has 0 fully saturated rings. The normalized spacial score (nSPS) is 10.4. The van der Waals surface area contributed by atoms with E-state index in [2.05, 4.69) is 60.7 Å². The van der Waals surface area contributed by atoms with Crippen LogP contribution in [0.25, 0.3) is 0 Å². The quantitative estimate of drug-likeness (QED) is 0.675. The molecule has 0 aliphatic rings. The third-order valence-electron chi connectivity index (χ3n) is 2.85. The van der Waals surface area contributed by atoms with Crippen molar-refractivity contribution in [2.24, 2.45) is 0 Å². The molecule has 0 saturated heterocycles. The van der Waals surface area contributed by atoms with Crippen molar-refractivity contribution in [2.75, 3.05) is 0 Å². The van der Waals surface area contributed by atoms with Gasteiger partial charge in [-0.3, -0.25) is 0 Å². The number of aryl methyl sites for hydroxylation is 2. The maximum Gasteiger partial charge on any atom is 0.130 e. The first-order valence-electron chi connectivity index (χ1n) is 6.22. The number of benzene rings is 2. The molecule has 0 saturated carbocycles. The molecular weight excluding hydrogens is 335 g/mol. The fraction of sp³-hybridized carbons (Fsp3) is 0.250. The minimum atomic E-state index is 0.913. The van der Waals surface area contributed by atoms with Crippen LogP contribution in [0.1, 0.15) is 24.5 Å². The van der Waals surface area contributed by atoms with E-state index in [4.69, 9.17) is 4.74 Å². The summed E-state index contributed by atoms with van der Waals surface area (Å²) in [5.74, 6) is 1.89. The van der Waals surface area contributed by atoms with Gasteiger partial charge in [-0.15, -0.1) is 0 Å². The predicted molar refractivity (Wildman–Crippen MR) is 84.4 cm³/mol. The molecule has 0 bridgehead atoms. The molecule has 2 aromatic rings. The number of halogens is 1. The molecule has 0 heterocycles. The fourth-order valence-corrected chi connectivity index (χ4v) is 2.22. The van der Waals surface area contributed by atoms with Gasteiger partial charge in [-0.05, 0) is 71.3 Å². The van der Waals surface area contributed by atoms with Gasteiger partial charge in [-0.2, -0.15) is 0 Å². The fourth-order valence-electron chi connectivity index (χ4n) is 1.89. The lowest BCUT2D eigenvalue weighted by atomic mass is 10.1. The second kappa shape index (κ2) is 6.23. The summed E-state index contributed by atoms with van der Waals surface area (Å²) in [6.45, 7) is 4.29. The van der Waals surface area contributed by atoms with Gasteiger partial charge in [0, 0.05) is 3.57 Å². The molecule has 0 N–H and O–H groups in total. The molecule has 18 heavy (non-hydrogen) atoms. The Bertz CT molecular complexity index is 534. The Morgan fingerprint density at radius 2 is 1.89 bits per heavy atom. The Labute approximate surface area is 122 Å². The first-order valence-corrected chi connectivity index (χ1v) is 7.30. The molecule has 0 aliphatic carbocycles. The van der Waals surface area contributed by atoms with Crippen molar-refractivity contribution in [3.8, 4) is 11.5 Å². The highest BCUT2D eigenvalue weighted by atomic mass is 127. The van der Waals surface area contributed by atoms with Crippen molar-refractivity contribution in [3.05, 3.63) is 57.2 Å². The second-order valence-corrected chi connectivity index (χ2v) is 5.53. The van der Waals surface area contributed by atoms with Crippen LogP contribution < -0.4 is 4.74 Å². The van der Waals surface area contributed by atoms with E-state index in [1.807, 2.05) is 18.2 Å². The van der Waals surface area contributed by atoms with E-state index in [-0.39, 0.29) is 0 Å². The SMILES string of the molecule is CCCc1ccccc1Oc1ccc(I)c(C)c1. The van der Waals surface area contributed by atoms with Gasteiger partial charge >= 0.3 is 0 Å². The lowest BCUT2D eigenvalue weighted by Crippen LogP contribution is -1.92. The molecule has 0 aromatic heterocycles. The monoisotopic (exact) mass is 352 g/mol. The van der Waals surface area contributed by atoms with Crippen molar-refractivity contribution in [2.45, 2.75) is 26.7 Å². The third-order valence-corrected chi connectivity index (χ3v) is 4.06. The maximum absolute atomic E-state index is 5.99. The van der Waals surface area contributed by atoms with Gasteiger partial charge in [0.05, 0.1) is 0 Å². The molecule has 2 heteroatoms. The molecule has 1 nitrogen and oxygen atoms in total. The van der Waals surface area contributed by atoms with Crippen molar-refractivity contribution in [1.29, 1.82) is 0 Å². The van der Waals surface area contributed by atoms with E-state index in [0.717, 1.165) is 24.3 Å². The van der Waals surface area contributed by atoms with Gasteiger partial charge in [0.2, 0.25) is 0 Å². The average Bonchev–Trinajstić information content (AvgIpc) is 2.37. The van der Waals surface area contributed by atoms with Crippen LogP contribution in [-0.4, -0.2) is 0 Å². The Morgan fingerprint density at radius 1 is 1.11 bits per heavy atom. The summed E-state index contributed by atoms with van der Waals surface area (Å²) in [6.07, 6.45) is 2.19. The molecule has 0 aliphatic heterocycles. The average molecular weight is 352 g/mol. The minimum absolute atomic E-state index is 0.913. The molecule has 2 rings (SSSR count). The number of rotatable bonds is 4. The smallest absolute Gasteiger partial charge is 0.130 e. The van der Waals surface area contributed by atoms with E-state index >= 15 is 0 Å². The van der Waals surface area contributed by atoms with Crippen LogP contribution in [0.3, 0.4) is 0 Å². The van der Waals surface area contributed by atoms with Crippen LogP contribution in [0.2, 0.25) is 0 Å². The van der Waals surface area contributed by atoms with Gasteiger partial charge in [0.25, 0.3) is 0 Å². The van der Waals surface area contributed by atoms with Crippen LogP contribution >= 0.6 is 22.6 Å². The maximum atomic E-state index is 5.99. The zero-order valence-corrected chi connectivity index (χ0v) is 12.9. The molecule has 0 atom stereocenters. The van der Waals surface area contributed by atoms with Gasteiger partial charge in [-0.1, -0.05) is 31.5 Å². The lowest BCUT2D eigenvalue weighted by molar-refractivity contribution is 0.475. The Balaban J connectivity index is 2.25. The predicted octanol–water partition coefficient (Wildman–Crippen LogP) is 5.34.